The molecule has 2 nitrogen and oxygen atoms in total. The Morgan fingerprint density at radius 1 is 1.33 bits per heavy atom. The van der Waals surface area contributed by atoms with Crippen molar-refractivity contribution in [2.24, 2.45) is 5.92 Å². The maximum absolute atomic E-state index is 5.39. The third-order valence-electron chi connectivity index (χ3n) is 3.15. The first-order chi connectivity index (χ1) is 8.58. The molecular formula is C14H19BrN2S. The molecule has 0 aliphatic rings. The summed E-state index contributed by atoms with van der Waals surface area (Å²) in [6.07, 6.45) is 3.75. The molecule has 1 heterocycles. The molecule has 0 saturated carbocycles. The van der Waals surface area contributed by atoms with E-state index in [1.165, 1.54) is 24.8 Å². The van der Waals surface area contributed by atoms with Crippen LogP contribution in [0.4, 0.5) is 0 Å². The van der Waals surface area contributed by atoms with Gasteiger partial charge in [0.2, 0.25) is 0 Å². The highest BCUT2D eigenvalue weighted by molar-refractivity contribution is 9.10. The summed E-state index contributed by atoms with van der Waals surface area (Å²) in [5.41, 5.74) is 2.31. The maximum Gasteiger partial charge on any atom is 0.178 e. The second-order valence-corrected chi connectivity index (χ2v) is 6.44. The Labute approximate surface area is 122 Å². The minimum atomic E-state index is 0.789. The summed E-state index contributed by atoms with van der Waals surface area (Å²) in [5, 5.41) is 0. The molecule has 4 heteroatoms. The van der Waals surface area contributed by atoms with E-state index < -0.39 is 0 Å². The summed E-state index contributed by atoms with van der Waals surface area (Å²) in [6.45, 7) is 5.55. The molecule has 0 aliphatic carbocycles. The molecule has 0 bridgehead atoms. The number of benzene rings is 1. The average Bonchev–Trinajstić information content (AvgIpc) is 2.59. The Morgan fingerprint density at radius 3 is 2.83 bits per heavy atom. The zero-order valence-corrected chi connectivity index (χ0v) is 13.3. The van der Waals surface area contributed by atoms with E-state index in [1.54, 1.807) is 0 Å². The molecule has 0 radical (unpaired) electrons. The molecule has 0 fully saturated rings. The van der Waals surface area contributed by atoms with Crippen LogP contribution in [0.5, 0.6) is 0 Å². The number of imidazole rings is 1. The van der Waals surface area contributed by atoms with E-state index in [0.717, 1.165) is 27.2 Å². The lowest BCUT2D eigenvalue weighted by Gasteiger charge is -2.06. The monoisotopic (exact) mass is 326 g/mol. The number of nitrogens with zero attached hydrogens (tertiary/aromatic N) is 1. The second kappa shape index (κ2) is 6.02. The average molecular weight is 327 g/mol. The van der Waals surface area contributed by atoms with Crippen molar-refractivity contribution >= 4 is 39.2 Å². The molecule has 1 aromatic heterocycles. The van der Waals surface area contributed by atoms with Crippen molar-refractivity contribution in [1.29, 1.82) is 0 Å². The van der Waals surface area contributed by atoms with Gasteiger partial charge < -0.3 is 9.55 Å². The predicted molar refractivity (Wildman–Crippen MR) is 83.5 cm³/mol. The lowest BCUT2D eigenvalue weighted by atomic mass is 10.1. The van der Waals surface area contributed by atoms with Gasteiger partial charge in [-0.25, -0.2) is 0 Å². The van der Waals surface area contributed by atoms with Gasteiger partial charge in [0.05, 0.1) is 11.0 Å². The summed E-state index contributed by atoms with van der Waals surface area (Å²) in [7, 11) is 0. The third-order valence-corrected chi connectivity index (χ3v) is 3.97. The van der Waals surface area contributed by atoms with Crippen molar-refractivity contribution in [3.8, 4) is 0 Å². The van der Waals surface area contributed by atoms with Crippen molar-refractivity contribution in [3.63, 3.8) is 0 Å². The summed E-state index contributed by atoms with van der Waals surface area (Å²) in [5.74, 6) is 0.789. The third kappa shape index (κ3) is 3.23. The fraction of sp³-hybridized carbons (Fsp3) is 0.500. The standard InChI is InChI=1S/C14H19BrN2S/c1-10(2)5-3-4-8-17-13-7-6-11(15)9-12(13)16-14(17)18/h6-7,9-10H,3-5,8H2,1-2H3,(H,16,18). The first kappa shape index (κ1) is 13.8. The number of H-pyrrole nitrogens is 1. The zero-order valence-electron chi connectivity index (χ0n) is 10.9. The number of hydrogen-bond donors (Lipinski definition) is 1. The van der Waals surface area contributed by atoms with Crippen LogP contribution in [0.2, 0.25) is 0 Å². The first-order valence-electron chi connectivity index (χ1n) is 6.46. The van der Waals surface area contributed by atoms with Gasteiger partial charge in [-0.2, -0.15) is 0 Å². The number of aromatic amines is 1. The van der Waals surface area contributed by atoms with Gasteiger partial charge in [0.15, 0.2) is 4.77 Å². The van der Waals surface area contributed by atoms with E-state index in [0.29, 0.717) is 0 Å². The van der Waals surface area contributed by atoms with Crippen LogP contribution in [0, 0.1) is 10.7 Å². The number of nitrogens with one attached hydrogen (secondary N) is 1. The van der Waals surface area contributed by atoms with E-state index >= 15 is 0 Å². The molecule has 98 valence electrons. The van der Waals surface area contributed by atoms with Gasteiger partial charge in [0.1, 0.15) is 0 Å². The first-order valence-corrected chi connectivity index (χ1v) is 7.66. The molecule has 2 aromatic rings. The molecule has 1 aromatic carbocycles. The smallest absolute Gasteiger partial charge is 0.178 e. The minimum absolute atomic E-state index is 0.789. The van der Waals surface area contributed by atoms with Crippen LogP contribution >= 0.6 is 28.1 Å². The molecule has 0 unspecified atom stereocenters. The van der Waals surface area contributed by atoms with Crippen LogP contribution in [0.3, 0.4) is 0 Å². The van der Waals surface area contributed by atoms with Gasteiger partial charge in [0, 0.05) is 11.0 Å². The lowest BCUT2D eigenvalue weighted by Crippen LogP contribution is -1.98. The maximum atomic E-state index is 5.39. The molecule has 0 saturated heterocycles. The van der Waals surface area contributed by atoms with Crippen molar-refractivity contribution < 1.29 is 0 Å². The molecule has 0 aliphatic heterocycles. The van der Waals surface area contributed by atoms with E-state index in [2.05, 4.69) is 57.5 Å². The summed E-state index contributed by atoms with van der Waals surface area (Å²) >= 11 is 8.87. The van der Waals surface area contributed by atoms with Gasteiger partial charge in [0.25, 0.3) is 0 Å². The van der Waals surface area contributed by atoms with E-state index in [4.69, 9.17) is 12.2 Å². The highest BCUT2D eigenvalue weighted by atomic mass is 79.9. The number of rotatable bonds is 5. The minimum Gasteiger partial charge on any atom is -0.331 e. The van der Waals surface area contributed by atoms with Crippen molar-refractivity contribution in [2.45, 2.75) is 39.7 Å². The van der Waals surface area contributed by atoms with Gasteiger partial charge in [-0.15, -0.1) is 0 Å². The molecule has 18 heavy (non-hydrogen) atoms. The predicted octanol–water partition coefficient (Wildman–Crippen LogP) is 5.29. The van der Waals surface area contributed by atoms with Crippen LogP contribution in [-0.2, 0) is 6.54 Å². The second-order valence-electron chi connectivity index (χ2n) is 5.13. The Hall–Kier alpha value is -0.610. The number of unbranched alkanes of at least 4 members (excludes halogenated alkanes) is 1. The number of fused-ring (bicyclic) bond motifs is 1. The Balaban J connectivity index is 2.13. The topological polar surface area (TPSA) is 20.7 Å². The fourth-order valence-corrected chi connectivity index (χ4v) is 2.84. The van der Waals surface area contributed by atoms with Crippen LogP contribution in [-0.4, -0.2) is 9.55 Å². The van der Waals surface area contributed by atoms with Crippen LogP contribution in [0.25, 0.3) is 11.0 Å². The highest BCUT2D eigenvalue weighted by Crippen LogP contribution is 2.20. The quantitative estimate of drug-likeness (QED) is 0.585. The van der Waals surface area contributed by atoms with Gasteiger partial charge in [-0.05, 0) is 42.8 Å². The van der Waals surface area contributed by atoms with Crippen LogP contribution in [0.15, 0.2) is 22.7 Å². The lowest BCUT2D eigenvalue weighted by molar-refractivity contribution is 0.511. The van der Waals surface area contributed by atoms with Gasteiger partial charge >= 0.3 is 0 Å². The Bertz CT molecular complexity index is 583. The highest BCUT2D eigenvalue weighted by Gasteiger charge is 2.04. The van der Waals surface area contributed by atoms with E-state index in [9.17, 15) is 0 Å². The van der Waals surface area contributed by atoms with Crippen molar-refractivity contribution in [2.75, 3.05) is 0 Å². The van der Waals surface area contributed by atoms with Crippen LogP contribution < -0.4 is 0 Å². The normalized spacial score (nSPS) is 11.6. The number of halogens is 1. The number of aromatic nitrogens is 2. The Morgan fingerprint density at radius 2 is 2.11 bits per heavy atom. The molecule has 1 N–H and O–H groups in total. The van der Waals surface area contributed by atoms with Crippen molar-refractivity contribution in [1.82, 2.24) is 9.55 Å². The Kier molecular flexibility index (Phi) is 4.62. The summed E-state index contributed by atoms with van der Waals surface area (Å²) in [6, 6.07) is 6.26. The number of hydrogen-bond acceptors (Lipinski definition) is 1. The zero-order chi connectivity index (χ0) is 13.1. The molecule has 2 rings (SSSR count). The molecule has 0 spiro atoms. The summed E-state index contributed by atoms with van der Waals surface area (Å²) in [4.78, 5) is 3.27. The summed E-state index contributed by atoms with van der Waals surface area (Å²) < 4.78 is 4.11. The van der Waals surface area contributed by atoms with Gasteiger partial charge in [-0.3, -0.25) is 0 Å². The molecule has 0 amide bonds. The van der Waals surface area contributed by atoms with E-state index in [-0.39, 0.29) is 0 Å². The van der Waals surface area contributed by atoms with Gasteiger partial charge in [-0.1, -0.05) is 42.6 Å². The van der Waals surface area contributed by atoms with Crippen molar-refractivity contribution in [3.05, 3.63) is 27.4 Å². The van der Waals surface area contributed by atoms with E-state index in [1.807, 2.05) is 0 Å². The SMILES string of the molecule is CC(C)CCCCn1c(=S)[nH]c2cc(Br)ccc21. The molecule has 0 atom stereocenters. The molecular weight excluding hydrogens is 308 g/mol. The number of aryl methyl sites for hydroxylation is 1. The fourth-order valence-electron chi connectivity index (χ4n) is 2.18. The van der Waals surface area contributed by atoms with Crippen LogP contribution in [0.1, 0.15) is 33.1 Å². The largest absolute Gasteiger partial charge is 0.331 e.